The Labute approximate surface area is 157 Å². The van der Waals surface area contributed by atoms with Gasteiger partial charge in [0.15, 0.2) is 5.78 Å². The number of aryl methyl sites for hydroxylation is 3. The molecule has 1 aromatic carbocycles. The van der Waals surface area contributed by atoms with Crippen LogP contribution in [0, 0.1) is 12.8 Å². The third kappa shape index (κ3) is 4.69. The van der Waals surface area contributed by atoms with Gasteiger partial charge in [0.05, 0.1) is 5.57 Å². The largest absolute Gasteiger partial charge is 0.512 e. The van der Waals surface area contributed by atoms with Crippen molar-refractivity contribution in [3.63, 3.8) is 0 Å². The van der Waals surface area contributed by atoms with Gasteiger partial charge in [-0.1, -0.05) is 45.4 Å². The van der Waals surface area contributed by atoms with E-state index in [9.17, 15) is 9.90 Å². The summed E-state index contributed by atoms with van der Waals surface area (Å²) in [6.45, 7) is 10.7. The molecule has 2 rings (SSSR count). The van der Waals surface area contributed by atoms with Crippen LogP contribution in [0.2, 0.25) is 0 Å². The number of Topliss-reactive ketones (excluding diaryl/α,β-unsaturated/α-hetero) is 1. The van der Waals surface area contributed by atoms with Crippen LogP contribution in [-0.4, -0.2) is 21.9 Å². The zero-order valence-electron chi connectivity index (χ0n) is 16.3. The van der Waals surface area contributed by atoms with E-state index in [0.717, 1.165) is 30.6 Å². The number of benzene rings is 1. The van der Waals surface area contributed by atoms with Crippen LogP contribution in [0.4, 0.5) is 0 Å². The number of hydrogen-bond donors (Lipinski definition) is 1. The summed E-state index contributed by atoms with van der Waals surface area (Å²) in [6, 6.07) is 4.32. The highest BCUT2D eigenvalue weighted by Crippen LogP contribution is 2.38. The molecule has 0 aromatic heterocycles. The van der Waals surface area contributed by atoms with Crippen LogP contribution in [0.25, 0.3) is 5.57 Å². The summed E-state index contributed by atoms with van der Waals surface area (Å²) in [6.07, 6.45) is 3.95. The molecule has 1 aliphatic carbocycles. The summed E-state index contributed by atoms with van der Waals surface area (Å²) in [7, 11) is 0. The van der Waals surface area contributed by atoms with Crippen LogP contribution in [-0.2, 0) is 17.6 Å². The third-order valence-electron chi connectivity index (χ3n) is 5.10. The second-order valence-electron chi connectivity index (χ2n) is 7.19. The Hall–Kier alpha value is -1.22. The molecule has 0 fully saturated rings. The maximum absolute atomic E-state index is 13.0. The first-order valence-electron chi connectivity index (χ1n) is 9.60. The number of hydrogen-bond acceptors (Lipinski definition) is 3. The van der Waals surface area contributed by atoms with Crippen molar-refractivity contribution >= 4 is 23.1 Å². The highest BCUT2D eigenvalue weighted by molar-refractivity contribution is 7.99. The fourth-order valence-electron chi connectivity index (χ4n) is 4.07. The summed E-state index contributed by atoms with van der Waals surface area (Å²) >= 11 is 1.93. The van der Waals surface area contributed by atoms with Gasteiger partial charge in [-0.2, -0.15) is 11.8 Å². The van der Waals surface area contributed by atoms with E-state index in [1.165, 1.54) is 16.7 Å². The van der Waals surface area contributed by atoms with Crippen molar-refractivity contribution in [1.29, 1.82) is 0 Å². The first kappa shape index (κ1) is 20.1. The molecule has 0 saturated heterocycles. The SMILES string of the molecule is CCSC(C)CC1CC(=O)C(c2c(CC)cc(C)cc2CC)=C(O)C1. The molecule has 0 amide bonds. The van der Waals surface area contributed by atoms with Gasteiger partial charge < -0.3 is 5.11 Å². The molecule has 1 aliphatic rings. The van der Waals surface area contributed by atoms with E-state index in [2.05, 4.69) is 46.8 Å². The summed E-state index contributed by atoms with van der Waals surface area (Å²) in [4.78, 5) is 13.0. The van der Waals surface area contributed by atoms with Crippen LogP contribution >= 0.6 is 11.8 Å². The molecule has 0 saturated carbocycles. The smallest absolute Gasteiger partial charge is 0.167 e. The maximum Gasteiger partial charge on any atom is 0.167 e. The standard InChI is InChI=1S/C22H32O2S/c1-6-17-9-14(4)10-18(7-2)21(17)22-19(23)12-16(13-20(22)24)11-15(5)25-8-3/h9-10,15-16,23H,6-8,11-13H2,1-5H3. The van der Waals surface area contributed by atoms with Gasteiger partial charge in [0.25, 0.3) is 0 Å². The maximum atomic E-state index is 13.0. The lowest BCUT2D eigenvalue weighted by atomic mass is 9.79. The zero-order chi connectivity index (χ0) is 18.6. The van der Waals surface area contributed by atoms with Crippen molar-refractivity contribution in [3.8, 4) is 0 Å². The van der Waals surface area contributed by atoms with Gasteiger partial charge in [-0.15, -0.1) is 0 Å². The van der Waals surface area contributed by atoms with E-state index < -0.39 is 0 Å². The van der Waals surface area contributed by atoms with Crippen molar-refractivity contribution in [2.75, 3.05) is 5.75 Å². The fourth-order valence-corrected chi connectivity index (χ4v) is 5.04. The molecule has 0 heterocycles. The number of allylic oxidation sites excluding steroid dienone is 2. The number of ketones is 1. The molecule has 3 heteroatoms. The normalized spacial score (nSPS) is 19.4. The molecule has 2 atom stereocenters. The molecule has 25 heavy (non-hydrogen) atoms. The van der Waals surface area contributed by atoms with Crippen LogP contribution in [0.5, 0.6) is 0 Å². The summed E-state index contributed by atoms with van der Waals surface area (Å²) in [5.41, 5.74) is 5.19. The summed E-state index contributed by atoms with van der Waals surface area (Å²) in [5, 5.41) is 11.3. The summed E-state index contributed by atoms with van der Waals surface area (Å²) < 4.78 is 0. The van der Waals surface area contributed by atoms with Crippen molar-refractivity contribution in [2.24, 2.45) is 5.92 Å². The van der Waals surface area contributed by atoms with Gasteiger partial charge in [0.1, 0.15) is 5.76 Å². The van der Waals surface area contributed by atoms with Crippen LogP contribution in [0.3, 0.4) is 0 Å². The highest BCUT2D eigenvalue weighted by Gasteiger charge is 2.31. The lowest BCUT2D eigenvalue weighted by molar-refractivity contribution is -0.115. The Morgan fingerprint density at radius 2 is 1.76 bits per heavy atom. The second-order valence-corrected chi connectivity index (χ2v) is 8.90. The molecule has 0 spiro atoms. The van der Waals surface area contributed by atoms with Crippen molar-refractivity contribution in [1.82, 2.24) is 0 Å². The molecule has 0 bridgehead atoms. The monoisotopic (exact) mass is 360 g/mol. The highest BCUT2D eigenvalue weighted by atomic mass is 32.2. The first-order valence-corrected chi connectivity index (χ1v) is 10.7. The lowest BCUT2D eigenvalue weighted by Crippen LogP contribution is -2.22. The number of aliphatic hydroxyl groups excluding tert-OH is 1. The predicted molar refractivity (Wildman–Crippen MR) is 109 cm³/mol. The number of thioether (sulfide) groups is 1. The van der Waals surface area contributed by atoms with Gasteiger partial charge in [0.2, 0.25) is 0 Å². The average Bonchev–Trinajstić information content (AvgIpc) is 2.54. The van der Waals surface area contributed by atoms with Gasteiger partial charge in [-0.05, 0) is 54.5 Å². The topological polar surface area (TPSA) is 37.3 Å². The van der Waals surface area contributed by atoms with E-state index in [1.807, 2.05) is 11.8 Å². The minimum absolute atomic E-state index is 0.121. The van der Waals surface area contributed by atoms with Gasteiger partial charge in [0, 0.05) is 18.1 Å². The molecule has 1 aromatic rings. The van der Waals surface area contributed by atoms with E-state index in [0.29, 0.717) is 29.4 Å². The molecule has 0 aliphatic heterocycles. The van der Waals surface area contributed by atoms with Crippen LogP contribution in [0.15, 0.2) is 17.9 Å². The lowest BCUT2D eigenvalue weighted by Gasteiger charge is -2.27. The van der Waals surface area contributed by atoms with E-state index >= 15 is 0 Å². The average molecular weight is 361 g/mol. The number of rotatable bonds is 7. The van der Waals surface area contributed by atoms with Gasteiger partial charge >= 0.3 is 0 Å². The summed E-state index contributed by atoms with van der Waals surface area (Å²) in [5.74, 6) is 1.79. The Morgan fingerprint density at radius 1 is 1.16 bits per heavy atom. The van der Waals surface area contributed by atoms with Crippen LogP contribution in [0.1, 0.15) is 69.2 Å². The van der Waals surface area contributed by atoms with E-state index in [-0.39, 0.29) is 11.7 Å². The molecule has 1 N–H and O–H groups in total. The second kappa shape index (κ2) is 8.93. The number of aliphatic hydroxyl groups is 1. The number of carbonyl (C=O) groups excluding carboxylic acids is 1. The van der Waals surface area contributed by atoms with Crippen molar-refractivity contribution in [3.05, 3.63) is 40.1 Å². The zero-order valence-corrected chi connectivity index (χ0v) is 17.1. The Bertz CT molecular complexity index is 635. The predicted octanol–water partition coefficient (Wildman–Crippen LogP) is 5.90. The van der Waals surface area contributed by atoms with Crippen molar-refractivity contribution < 1.29 is 9.90 Å². The first-order chi connectivity index (χ1) is 11.9. The van der Waals surface area contributed by atoms with Gasteiger partial charge in [-0.3, -0.25) is 4.79 Å². The van der Waals surface area contributed by atoms with Gasteiger partial charge in [-0.25, -0.2) is 0 Å². The molecular weight excluding hydrogens is 328 g/mol. The molecular formula is C22H32O2S. The van der Waals surface area contributed by atoms with Crippen LogP contribution < -0.4 is 0 Å². The minimum Gasteiger partial charge on any atom is -0.512 e. The Morgan fingerprint density at radius 3 is 2.24 bits per heavy atom. The Balaban J connectivity index is 2.38. The number of carbonyl (C=O) groups is 1. The van der Waals surface area contributed by atoms with E-state index in [1.54, 1.807) is 0 Å². The molecule has 2 unspecified atom stereocenters. The fraction of sp³-hybridized carbons (Fsp3) is 0.591. The molecule has 0 radical (unpaired) electrons. The molecule has 2 nitrogen and oxygen atoms in total. The quantitative estimate of drug-likeness (QED) is 0.658. The third-order valence-corrected chi connectivity index (χ3v) is 6.19. The van der Waals surface area contributed by atoms with E-state index in [4.69, 9.17) is 0 Å². The Kier molecular flexibility index (Phi) is 7.18. The van der Waals surface area contributed by atoms with Crippen molar-refractivity contribution in [2.45, 2.75) is 72.0 Å². The minimum atomic E-state index is 0.121. The molecule has 138 valence electrons.